The third-order valence-electron chi connectivity index (χ3n) is 3.50. The zero-order chi connectivity index (χ0) is 19.8. The third kappa shape index (κ3) is 5.67. The molecule has 0 atom stereocenters. The molecule has 0 bridgehead atoms. The van der Waals surface area contributed by atoms with Crippen molar-refractivity contribution >= 4 is 23.4 Å². The van der Waals surface area contributed by atoms with Crippen molar-refractivity contribution in [3.63, 3.8) is 0 Å². The molecule has 0 aliphatic rings. The van der Waals surface area contributed by atoms with Gasteiger partial charge in [0.1, 0.15) is 17.2 Å². The number of hydrogen-bond acceptors (Lipinski definition) is 5. The molecule has 140 valence electrons. The van der Waals surface area contributed by atoms with E-state index in [-0.39, 0.29) is 24.1 Å². The predicted octanol–water partition coefficient (Wildman–Crippen LogP) is 1.78. The van der Waals surface area contributed by atoms with E-state index in [0.717, 1.165) is 11.6 Å². The summed E-state index contributed by atoms with van der Waals surface area (Å²) in [6.07, 6.45) is 2.57. The van der Waals surface area contributed by atoms with Crippen LogP contribution in [0.4, 0.5) is 5.69 Å². The van der Waals surface area contributed by atoms with Crippen LogP contribution >= 0.6 is 0 Å². The Bertz CT molecular complexity index is 880. The predicted molar refractivity (Wildman–Crippen MR) is 101 cm³/mol. The first-order valence-corrected chi connectivity index (χ1v) is 8.09. The van der Waals surface area contributed by atoms with Crippen molar-refractivity contribution < 1.29 is 19.1 Å². The van der Waals surface area contributed by atoms with Crippen LogP contribution in [0.1, 0.15) is 16.1 Å². The van der Waals surface area contributed by atoms with E-state index in [0.29, 0.717) is 17.2 Å². The second-order valence-corrected chi connectivity index (χ2v) is 5.51. The first kappa shape index (κ1) is 19.6. The van der Waals surface area contributed by atoms with Gasteiger partial charge >= 0.3 is 0 Å². The number of nitrogens with zero attached hydrogens (tertiary/aromatic N) is 1. The van der Waals surface area contributed by atoms with Crippen LogP contribution in [0, 0.1) is 6.92 Å². The Labute approximate surface area is 156 Å². The Kier molecular flexibility index (Phi) is 6.65. The summed E-state index contributed by atoms with van der Waals surface area (Å²) in [5.41, 5.74) is 1.58. The van der Waals surface area contributed by atoms with Crippen LogP contribution in [0.3, 0.4) is 0 Å². The largest absolute Gasteiger partial charge is 0.457 e. The van der Waals surface area contributed by atoms with Crippen molar-refractivity contribution in [1.29, 1.82) is 0 Å². The minimum Gasteiger partial charge on any atom is -0.457 e. The minimum atomic E-state index is -0.428. The van der Waals surface area contributed by atoms with Gasteiger partial charge in [-0.2, -0.15) is 0 Å². The van der Waals surface area contributed by atoms with E-state index in [1.165, 1.54) is 19.3 Å². The maximum Gasteiger partial charge on any atom is 0.269 e. The lowest BCUT2D eigenvalue weighted by molar-refractivity contribution is -0.121. The number of anilines is 1. The van der Waals surface area contributed by atoms with Crippen molar-refractivity contribution in [3.05, 3.63) is 60.4 Å². The number of hydrogen-bond donors (Lipinski definition) is 3. The Balaban J connectivity index is 2.11. The number of aryl methyl sites for hydroxylation is 1. The molecule has 8 heteroatoms. The second kappa shape index (κ2) is 9.14. The van der Waals surface area contributed by atoms with Gasteiger partial charge in [-0.05, 0) is 30.7 Å². The number of carbonyl (C=O) groups excluding carboxylic acids is 3. The maximum atomic E-state index is 11.9. The van der Waals surface area contributed by atoms with Crippen molar-refractivity contribution in [3.8, 4) is 11.5 Å². The highest BCUT2D eigenvalue weighted by Crippen LogP contribution is 2.28. The Morgan fingerprint density at radius 2 is 2.00 bits per heavy atom. The smallest absolute Gasteiger partial charge is 0.269 e. The van der Waals surface area contributed by atoms with Gasteiger partial charge in [0.2, 0.25) is 11.8 Å². The standard InChI is InChI=1S/C19H20N4O4/c1-4-17(24)22-11-18(25)23-13-6-5-12(2)16(9-13)27-14-7-8-21-15(10-14)19(26)20-3/h4-10H,1,11H2,2-3H3,(H,20,26)(H,22,24)(H,23,25). The highest BCUT2D eigenvalue weighted by molar-refractivity contribution is 5.96. The summed E-state index contributed by atoms with van der Waals surface area (Å²) >= 11 is 0. The molecule has 1 aromatic heterocycles. The number of ether oxygens (including phenoxy) is 1. The molecule has 0 fully saturated rings. The van der Waals surface area contributed by atoms with Gasteiger partial charge in [-0.3, -0.25) is 19.4 Å². The fourth-order valence-corrected chi connectivity index (χ4v) is 2.09. The Morgan fingerprint density at radius 1 is 1.22 bits per heavy atom. The normalized spacial score (nSPS) is 9.85. The first-order chi connectivity index (χ1) is 12.9. The number of carbonyl (C=O) groups is 3. The van der Waals surface area contributed by atoms with Crippen molar-refractivity contribution in [1.82, 2.24) is 15.6 Å². The van der Waals surface area contributed by atoms with Crippen LogP contribution in [-0.2, 0) is 9.59 Å². The van der Waals surface area contributed by atoms with E-state index in [9.17, 15) is 14.4 Å². The maximum absolute atomic E-state index is 11.9. The molecule has 0 saturated carbocycles. The average Bonchev–Trinajstić information content (AvgIpc) is 2.68. The van der Waals surface area contributed by atoms with Crippen LogP contribution in [0.15, 0.2) is 49.2 Å². The highest BCUT2D eigenvalue weighted by atomic mass is 16.5. The van der Waals surface area contributed by atoms with Gasteiger partial charge in [0.25, 0.3) is 5.91 Å². The van der Waals surface area contributed by atoms with Crippen molar-refractivity contribution in [2.24, 2.45) is 0 Å². The molecule has 0 unspecified atom stereocenters. The summed E-state index contributed by atoms with van der Waals surface area (Å²) < 4.78 is 5.83. The monoisotopic (exact) mass is 368 g/mol. The molecule has 2 aromatic rings. The molecule has 0 aliphatic carbocycles. The summed E-state index contributed by atoms with van der Waals surface area (Å²) in [5.74, 6) is -0.182. The zero-order valence-electron chi connectivity index (χ0n) is 15.0. The van der Waals surface area contributed by atoms with Crippen molar-refractivity contribution in [2.75, 3.05) is 18.9 Å². The second-order valence-electron chi connectivity index (χ2n) is 5.51. The molecular weight excluding hydrogens is 348 g/mol. The third-order valence-corrected chi connectivity index (χ3v) is 3.50. The Morgan fingerprint density at radius 3 is 2.70 bits per heavy atom. The fraction of sp³-hybridized carbons (Fsp3) is 0.158. The van der Waals surface area contributed by atoms with Gasteiger partial charge in [-0.15, -0.1) is 0 Å². The number of nitrogens with one attached hydrogen (secondary N) is 3. The fourth-order valence-electron chi connectivity index (χ4n) is 2.09. The highest BCUT2D eigenvalue weighted by Gasteiger charge is 2.10. The van der Waals surface area contributed by atoms with Gasteiger partial charge in [0, 0.05) is 31.1 Å². The molecule has 0 spiro atoms. The molecule has 27 heavy (non-hydrogen) atoms. The van der Waals surface area contributed by atoms with Crippen molar-refractivity contribution in [2.45, 2.75) is 6.92 Å². The lowest BCUT2D eigenvalue weighted by atomic mass is 10.2. The average molecular weight is 368 g/mol. The minimum absolute atomic E-state index is 0.172. The summed E-state index contributed by atoms with van der Waals surface area (Å²) in [6.45, 7) is 5.00. The SMILES string of the molecule is C=CC(=O)NCC(=O)Nc1ccc(C)c(Oc2ccnc(C(=O)NC)c2)c1. The van der Waals surface area contributed by atoms with Gasteiger partial charge in [0.05, 0.1) is 6.54 Å². The summed E-state index contributed by atoms with van der Waals surface area (Å²) in [4.78, 5) is 38.7. The molecule has 3 N–H and O–H groups in total. The number of pyridine rings is 1. The lowest BCUT2D eigenvalue weighted by Gasteiger charge is -2.12. The molecule has 8 nitrogen and oxygen atoms in total. The number of aromatic nitrogens is 1. The number of benzene rings is 1. The summed E-state index contributed by atoms with van der Waals surface area (Å²) in [6, 6.07) is 8.31. The summed E-state index contributed by atoms with van der Waals surface area (Å²) in [5, 5.41) is 7.56. The van der Waals surface area contributed by atoms with Crippen LogP contribution in [0.2, 0.25) is 0 Å². The van der Waals surface area contributed by atoms with E-state index in [4.69, 9.17) is 4.74 Å². The molecule has 3 amide bonds. The lowest BCUT2D eigenvalue weighted by Crippen LogP contribution is -2.31. The molecule has 0 aliphatic heterocycles. The van der Waals surface area contributed by atoms with E-state index >= 15 is 0 Å². The van der Waals surface area contributed by atoms with Gasteiger partial charge in [0.15, 0.2) is 0 Å². The van der Waals surface area contributed by atoms with E-state index < -0.39 is 5.91 Å². The van der Waals surface area contributed by atoms with E-state index in [2.05, 4.69) is 27.5 Å². The van der Waals surface area contributed by atoms with E-state index in [1.807, 2.05) is 6.92 Å². The molecule has 1 heterocycles. The van der Waals surface area contributed by atoms with Crippen LogP contribution in [0.25, 0.3) is 0 Å². The number of amides is 3. The molecule has 1 aromatic carbocycles. The quantitative estimate of drug-likeness (QED) is 0.646. The van der Waals surface area contributed by atoms with Gasteiger partial charge < -0.3 is 20.7 Å². The van der Waals surface area contributed by atoms with Gasteiger partial charge in [-0.1, -0.05) is 12.6 Å². The zero-order valence-corrected chi connectivity index (χ0v) is 15.0. The summed E-state index contributed by atoms with van der Waals surface area (Å²) in [7, 11) is 1.52. The number of rotatable bonds is 7. The Hall–Kier alpha value is -3.68. The molecule has 2 rings (SSSR count). The van der Waals surface area contributed by atoms with Gasteiger partial charge in [-0.25, -0.2) is 0 Å². The van der Waals surface area contributed by atoms with Crippen LogP contribution < -0.4 is 20.7 Å². The van der Waals surface area contributed by atoms with Crippen LogP contribution in [-0.4, -0.2) is 36.3 Å². The van der Waals surface area contributed by atoms with Crippen LogP contribution in [0.5, 0.6) is 11.5 Å². The molecular formula is C19H20N4O4. The molecule has 0 saturated heterocycles. The topological polar surface area (TPSA) is 109 Å². The molecule has 0 radical (unpaired) electrons. The van der Waals surface area contributed by atoms with E-state index in [1.54, 1.807) is 24.3 Å². The first-order valence-electron chi connectivity index (χ1n) is 8.09.